The Balaban J connectivity index is 1.65. The van der Waals surface area contributed by atoms with Crippen molar-refractivity contribution in [1.29, 1.82) is 0 Å². The Bertz CT molecular complexity index is 1500. The number of aromatic nitrogens is 4. The van der Waals surface area contributed by atoms with Gasteiger partial charge in [0.25, 0.3) is 5.56 Å². The van der Waals surface area contributed by atoms with Gasteiger partial charge in [-0.15, -0.1) is 0 Å². The van der Waals surface area contributed by atoms with Gasteiger partial charge in [-0.05, 0) is 66.2 Å². The number of hydrogen-bond donors (Lipinski definition) is 0. The van der Waals surface area contributed by atoms with Gasteiger partial charge >= 0.3 is 0 Å². The maximum absolute atomic E-state index is 13.6. The zero-order valence-electron chi connectivity index (χ0n) is 23.3. The van der Waals surface area contributed by atoms with E-state index >= 15 is 0 Å². The molecule has 0 aliphatic rings. The summed E-state index contributed by atoms with van der Waals surface area (Å²) in [6.07, 6.45) is 8.86. The van der Waals surface area contributed by atoms with Crippen molar-refractivity contribution in [3.8, 4) is 22.7 Å². The van der Waals surface area contributed by atoms with Crippen LogP contribution in [0.15, 0.2) is 78.0 Å². The van der Waals surface area contributed by atoms with E-state index in [9.17, 15) is 9.18 Å². The van der Waals surface area contributed by atoms with Crippen molar-refractivity contribution in [3.05, 3.63) is 101 Å². The second-order valence-corrected chi connectivity index (χ2v) is 15.7. The van der Waals surface area contributed by atoms with Crippen LogP contribution in [0.4, 0.5) is 4.39 Å². The van der Waals surface area contributed by atoms with Crippen LogP contribution in [0.25, 0.3) is 23.0 Å². The highest BCUT2D eigenvalue weighted by atomic mass is 28.4. The molecule has 0 amide bonds. The number of nitrogens with zero attached hydrogens (tertiary/aromatic N) is 4. The number of ether oxygens (including phenoxy) is 1. The largest absolute Gasteiger partial charge is 0.497 e. The molecule has 2 aromatic heterocycles. The molecule has 2 heterocycles. The van der Waals surface area contributed by atoms with E-state index in [4.69, 9.17) is 9.16 Å². The smallest absolute Gasteiger partial charge is 0.281 e. The van der Waals surface area contributed by atoms with Gasteiger partial charge < -0.3 is 9.16 Å². The highest BCUT2D eigenvalue weighted by molar-refractivity contribution is 6.74. The van der Waals surface area contributed by atoms with E-state index in [1.807, 2.05) is 36.4 Å². The molecule has 0 bridgehead atoms. The normalized spacial score (nSPS) is 12.3. The van der Waals surface area contributed by atoms with Gasteiger partial charge in [0.05, 0.1) is 32.2 Å². The van der Waals surface area contributed by atoms with Crippen molar-refractivity contribution in [2.75, 3.05) is 13.7 Å². The van der Waals surface area contributed by atoms with E-state index in [0.29, 0.717) is 30.1 Å². The average molecular weight is 547 g/mol. The number of methoxy groups -OCH3 is 1. The molecule has 0 unspecified atom stereocenters. The van der Waals surface area contributed by atoms with Crippen LogP contribution < -0.4 is 10.3 Å². The summed E-state index contributed by atoms with van der Waals surface area (Å²) in [6.45, 7) is 12.0. The molecule has 0 fully saturated rings. The minimum absolute atomic E-state index is 0.105. The third kappa shape index (κ3) is 6.79. The molecule has 9 heteroatoms. The van der Waals surface area contributed by atoms with Crippen molar-refractivity contribution in [1.82, 2.24) is 19.3 Å². The van der Waals surface area contributed by atoms with Crippen molar-refractivity contribution in [2.45, 2.75) is 45.4 Å². The Morgan fingerprint density at radius 3 is 2.36 bits per heavy atom. The van der Waals surface area contributed by atoms with Gasteiger partial charge in [0.15, 0.2) is 8.32 Å². The lowest BCUT2D eigenvalue weighted by molar-refractivity contribution is 0.328. The van der Waals surface area contributed by atoms with Crippen molar-refractivity contribution >= 4 is 14.4 Å². The Morgan fingerprint density at radius 2 is 1.72 bits per heavy atom. The van der Waals surface area contributed by atoms with Gasteiger partial charge in [-0.25, -0.2) is 9.37 Å². The summed E-state index contributed by atoms with van der Waals surface area (Å²) in [5.74, 6) is 0.411. The summed E-state index contributed by atoms with van der Waals surface area (Å²) in [5, 5.41) is 4.56. The minimum Gasteiger partial charge on any atom is -0.497 e. The van der Waals surface area contributed by atoms with Crippen LogP contribution in [-0.2, 0) is 11.0 Å². The number of benzene rings is 2. The van der Waals surface area contributed by atoms with Crippen LogP contribution in [0, 0.1) is 5.82 Å². The zero-order valence-corrected chi connectivity index (χ0v) is 24.3. The molecule has 0 saturated carbocycles. The molecule has 2 aromatic carbocycles. The summed E-state index contributed by atoms with van der Waals surface area (Å²) in [7, 11) is -0.270. The summed E-state index contributed by atoms with van der Waals surface area (Å²) in [4.78, 5) is 18.2. The number of halogens is 1. The fourth-order valence-corrected chi connectivity index (χ4v) is 4.65. The van der Waals surface area contributed by atoms with Gasteiger partial charge in [-0.2, -0.15) is 5.10 Å². The predicted molar refractivity (Wildman–Crippen MR) is 155 cm³/mol. The number of hydrogen-bond acceptors (Lipinski definition) is 5. The molecule has 0 N–H and O–H groups in total. The molecule has 4 rings (SSSR count). The fourth-order valence-electron chi connectivity index (χ4n) is 3.70. The quantitative estimate of drug-likeness (QED) is 0.230. The Morgan fingerprint density at radius 1 is 1.03 bits per heavy atom. The molecular formula is C30H35FN4O3Si. The topological polar surface area (TPSA) is 71.2 Å². The highest BCUT2D eigenvalue weighted by Gasteiger charge is 2.36. The first-order valence-corrected chi connectivity index (χ1v) is 15.7. The molecule has 0 aliphatic carbocycles. The van der Waals surface area contributed by atoms with Crippen molar-refractivity contribution in [3.63, 3.8) is 0 Å². The monoisotopic (exact) mass is 546 g/mol. The van der Waals surface area contributed by atoms with Crippen molar-refractivity contribution < 1.29 is 13.6 Å². The van der Waals surface area contributed by atoms with E-state index in [1.165, 1.54) is 16.7 Å². The second-order valence-electron chi connectivity index (χ2n) is 10.9. The van der Waals surface area contributed by atoms with Crippen LogP contribution in [-0.4, -0.2) is 41.4 Å². The van der Waals surface area contributed by atoms with Crippen LogP contribution in [0.5, 0.6) is 5.75 Å². The van der Waals surface area contributed by atoms with E-state index in [0.717, 1.165) is 11.3 Å². The molecule has 4 aromatic rings. The number of rotatable bonds is 9. The first-order valence-electron chi connectivity index (χ1n) is 12.8. The van der Waals surface area contributed by atoms with E-state index in [-0.39, 0.29) is 22.1 Å². The van der Waals surface area contributed by atoms with Crippen LogP contribution >= 0.6 is 0 Å². The second kappa shape index (κ2) is 11.5. The molecule has 7 nitrogen and oxygen atoms in total. The first kappa shape index (κ1) is 28.2. The summed E-state index contributed by atoms with van der Waals surface area (Å²) >= 11 is 0. The molecule has 0 spiro atoms. The minimum atomic E-state index is -1.90. The lowest BCUT2D eigenvalue weighted by atomic mass is 10.2. The molecule has 0 saturated heterocycles. The van der Waals surface area contributed by atoms with Crippen LogP contribution in [0.1, 0.15) is 32.0 Å². The highest BCUT2D eigenvalue weighted by Crippen LogP contribution is 2.36. The molecule has 0 atom stereocenters. The molecular weight excluding hydrogens is 511 g/mol. The Labute approximate surface area is 229 Å². The maximum atomic E-state index is 13.6. The third-order valence-corrected chi connectivity index (χ3v) is 11.6. The summed E-state index contributed by atoms with van der Waals surface area (Å²) in [5.41, 5.74) is 2.70. The maximum Gasteiger partial charge on any atom is 0.281 e. The first-order chi connectivity index (χ1) is 18.5. The summed E-state index contributed by atoms with van der Waals surface area (Å²) in [6, 6.07) is 13.5. The van der Waals surface area contributed by atoms with E-state index in [1.54, 1.807) is 42.5 Å². The van der Waals surface area contributed by atoms with Gasteiger partial charge in [-0.3, -0.25) is 14.0 Å². The van der Waals surface area contributed by atoms with Gasteiger partial charge in [-0.1, -0.05) is 39.0 Å². The van der Waals surface area contributed by atoms with Gasteiger partial charge in [0.1, 0.15) is 17.3 Å². The average Bonchev–Trinajstić information content (AvgIpc) is 3.36. The molecule has 0 aliphatic heterocycles. The lowest BCUT2D eigenvalue weighted by Crippen LogP contribution is -2.40. The van der Waals surface area contributed by atoms with E-state index in [2.05, 4.69) is 43.9 Å². The molecule has 0 radical (unpaired) electrons. The Kier molecular flexibility index (Phi) is 8.32. The van der Waals surface area contributed by atoms with Crippen molar-refractivity contribution in [2.24, 2.45) is 0 Å². The zero-order chi connectivity index (χ0) is 28.2. The van der Waals surface area contributed by atoms with Gasteiger partial charge in [0.2, 0.25) is 0 Å². The fraction of sp³-hybridized carbons (Fsp3) is 0.300. The van der Waals surface area contributed by atoms with Gasteiger partial charge in [0, 0.05) is 23.6 Å². The lowest BCUT2D eigenvalue weighted by Gasteiger charge is -2.35. The predicted octanol–water partition coefficient (Wildman–Crippen LogP) is 6.33. The van der Waals surface area contributed by atoms with E-state index < -0.39 is 8.32 Å². The van der Waals surface area contributed by atoms with Crippen LogP contribution in [0.3, 0.4) is 0 Å². The molecule has 39 heavy (non-hydrogen) atoms. The summed E-state index contributed by atoms with van der Waals surface area (Å²) < 4.78 is 28.3. The Hall–Kier alpha value is -3.82. The third-order valence-electron chi connectivity index (χ3n) is 7.07. The standard InChI is InChI=1S/C30H35FN4O3Si/c1-30(2,3)39(5,6)38-17-7-8-25-21-35(26-13-11-24(31)12-14-26)29(36)28(33-25)23-18-32-34(20-23)19-22-9-15-27(37-4)16-10-22/h7-16,18,20-21H,17,19H2,1-6H3. The molecule has 204 valence electrons. The van der Waals surface area contributed by atoms with Crippen LogP contribution in [0.2, 0.25) is 18.1 Å². The SMILES string of the molecule is COc1ccc(Cn2cc(-c3nc(C=CCO[Si](C)(C)C(C)(C)C)cn(-c4ccc(F)cc4)c3=O)cn2)cc1.